The zero-order valence-electron chi connectivity index (χ0n) is 18.5. The number of methoxy groups -OCH3 is 3. The molecule has 0 fully saturated rings. The van der Waals surface area contributed by atoms with E-state index in [1.165, 1.54) is 33.5 Å². The van der Waals surface area contributed by atoms with Gasteiger partial charge in [-0.1, -0.05) is 6.07 Å². The topological polar surface area (TPSA) is 91.4 Å². The number of rotatable bonds is 11. The average molecular weight is 452 g/mol. The van der Waals surface area contributed by atoms with E-state index in [1.54, 1.807) is 36.2 Å². The molecule has 0 saturated carbocycles. The highest BCUT2D eigenvalue weighted by molar-refractivity contribution is 7.90. The summed E-state index contributed by atoms with van der Waals surface area (Å²) in [6.45, 7) is 0.851. The molecule has 2 rings (SSSR count). The standard InChI is InChI=1S/C22H29NO7S/c1-23(10-7-11-30-17-8-6-9-18(15-17)31(5,25)26)21(24)14-16-12-19(27-2)22(29-4)20(13-16)28-3/h6,8-9,12-13,15H,7,10-11,14H2,1-5H3. The molecule has 0 atom stereocenters. The van der Waals surface area contributed by atoms with Crippen molar-refractivity contribution in [3.63, 3.8) is 0 Å². The second kappa shape index (κ2) is 10.9. The van der Waals surface area contributed by atoms with Gasteiger partial charge in [0.1, 0.15) is 5.75 Å². The van der Waals surface area contributed by atoms with E-state index < -0.39 is 9.84 Å². The van der Waals surface area contributed by atoms with Crippen molar-refractivity contribution in [2.75, 3.05) is 47.8 Å². The maximum absolute atomic E-state index is 12.6. The van der Waals surface area contributed by atoms with Crippen molar-refractivity contribution in [2.45, 2.75) is 17.7 Å². The predicted molar refractivity (Wildman–Crippen MR) is 117 cm³/mol. The minimum Gasteiger partial charge on any atom is -0.493 e. The largest absolute Gasteiger partial charge is 0.493 e. The lowest BCUT2D eigenvalue weighted by Gasteiger charge is -2.19. The van der Waals surface area contributed by atoms with Crippen molar-refractivity contribution in [3.8, 4) is 23.0 Å². The molecular weight excluding hydrogens is 422 g/mol. The van der Waals surface area contributed by atoms with Crippen LogP contribution in [0.4, 0.5) is 0 Å². The molecule has 0 N–H and O–H groups in total. The van der Waals surface area contributed by atoms with Gasteiger partial charge in [-0.3, -0.25) is 4.79 Å². The minimum absolute atomic E-state index is 0.0617. The van der Waals surface area contributed by atoms with Crippen LogP contribution in [0.2, 0.25) is 0 Å². The first-order valence-electron chi connectivity index (χ1n) is 9.65. The molecular formula is C22H29NO7S. The van der Waals surface area contributed by atoms with Crippen LogP contribution in [0.25, 0.3) is 0 Å². The van der Waals surface area contributed by atoms with Gasteiger partial charge >= 0.3 is 0 Å². The summed E-state index contributed by atoms with van der Waals surface area (Å²) in [6.07, 6.45) is 1.94. The molecule has 0 spiro atoms. The number of ether oxygens (including phenoxy) is 4. The van der Waals surface area contributed by atoms with Gasteiger partial charge in [0.05, 0.1) is 39.3 Å². The summed E-state index contributed by atoms with van der Waals surface area (Å²) in [5, 5.41) is 0. The highest BCUT2D eigenvalue weighted by atomic mass is 32.2. The molecule has 1 amide bonds. The molecule has 0 unspecified atom stereocenters. The van der Waals surface area contributed by atoms with Gasteiger partial charge in [0.25, 0.3) is 0 Å². The maximum atomic E-state index is 12.6. The van der Waals surface area contributed by atoms with E-state index in [-0.39, 0.29) is 17.2 Å². The third-order valence-electron chi connectivity index (χ3n) is 4.65. The highest BCUT2D eigenvalue weighted by Gasteiger charge is 2.16. The number of sulfone groups is 1. The van der Waals surface area contributed by atoms with E-state index >= 15 is 0 Å². The lowest BCUT2D eigenvalue weighted by Crippen LogP contribution is -2.30. The Morgan fingerprint density at radius 3 is 2.19 bits per heavy atom. The first-order valence-corrected chi connectivity index (χ1v) is 11.5. The summed E-state index contributed by atoms with van der Waals surface area (Å²) in [5.41, 5.74) is 0.750. The molecule has 2 aromatic carbocycles. The van der Waals surface area contributed by atoms with Crippen LogP contribution in [0.1, 0.15) is 12.0 Å². The summed E-state index contributed by atoms with van der Waals surface area (Å²) in [5.74, 6) is 1.89. The molecule has 0 aliphatic carbocycles. The Morgan fingerprint density at radius 1 is 1.00 bits per heavy atom. The monoisotopic (exact) mass is 451 g/mol. The van der Waals surface area contributed by atoms with Crippen LogP contribution in [0.3, 0.4) is 0 Å². The second-order valence-electron chi connectivity index (χ2n) is 6.97. The van der Waals surface area contributed by atoms with Crippen molar-refractivity contribution in [1.82, 2.24) is 4.90 Å². The average Bonchev–Trinajstić information content (AvgIpc) is 2.75. The Balaban J connectivity index is 1.89. The van der Waals surface area contributed by atoms with Gasteiger partial charge < -0.3 is 23.8 Å². The summed E-state index contributed by atoms with van der Waals surface area (Å²) in [7, 11) is 3.03. The first kappa shape index (κ1) is 24.3. The van der Waals surface area contributed by atoms with Gasteiger partial charge in [-0.25, -0.2) is 8.42 Å². The molecule has 0 saturated heterocycles. The number of benzene rings is 2. The maximum Gasteiger partial charge on any atom is 0.226 e. The summed E-state index contributed by atoms with van der Waals surface area (Å²) < 4.78 is 44.8. The van der Waals surface area contributed by atoms with Crippen LogP contribution in [-0.4, -0.2) is 67.0 Å². The number of hydrogen-bond acceptors (Lipinski definition) is 7. The molecule has 31 heavy (non-hydrogen) atoms. The van der Waals surface area contributed by atoms with Crippen molar-refractivity contribution in [2.24, 2.45) is 0 Å². The molecule has 0 radical (unpaired) electrons. The Bertz CT molecular complexity index is 980. The van der Waals surface area contributed by atoms with Crippen molar-refractivity contribution in [1.29, 1.82) is 0 Å². The fraction of sp³-hybridized carbons (Fsp3) is 0.409. The van der Waals surface area contributed by atoms with E-state index in [0.29, 0.717) is 42.6 Å². The van der Waals surface area contributed by atoms with Crippen molar-refractivity contribution < 1.29 is 32.2 Å². The first-order chi connectivity index (χ1) is 14.7. The molecule has 0 aliphatic rings. The molecule has 0 heterocycles. The van der Waals surface area contributed by atoms with Crippen molar-refractivity contribution in [3.05, 3.63) is 42.0 Å². The highest BCUT2D eigenvalue weighted by Crippen LogP contribution is 2.38. The molecule has 2 aromatic rings. The van der Waals surface area contributed by atoms with E-state index in [0.717, 1.165) is 11.8 Å². The zero-order chi connectivity index (χ0) is 23.0. The Kier molecular flexibility index (Phi) is 8.56. The van der Waals surface area contributed by atoms with E-state index in [1.807, 2.05) is 0 Å². The minimum atomic E-state index is -3.28. The number of carbonyl (C=O) groups excluding carboxylic acids is 1. The fourth-order valence-corrected chi connectivity index (χ4v) is 3.61. The predicted octanol–water partition coefficient (Wildman–Crippen LogP) is 2.59. The number of amides is 1. The Hall–Kier alpha value is -2.94. The van der Waals surface area contributed by atoms with Gasteiger partial charge in [0.15, 0.2) is 21.3 Å². The van der Waals surface area contributed by atoms with Crippen LogP contribution < -0.4 is 18.9 Å². The SMILES string of the molecule is COc1cc(CC(=O)N(C)CCCOc2cccc(S(C)(=O)=O)c2)cc(OC)c1OC. The zero-order valence-corrected chi connectivity index (χ0v) is 19.3. The van der Waals surface area contributed by atoms with Gasteiger partial charge in [-0.2, -0.15) is 0 Å². The number of nitrogens with zero attached hydrogens (tertiary/aromatic N) is 1. The van der Waals surface area contributed by atoms with Crippen LogP contribution >= 0.6 is 0 Å². The molecule has 0 aliphatic heterocycles. The molecule has 9 heteroatoms. The third kappa shape index (κ3) is 6.78. The Labute approximate surface area is 183 Å². The van der Waals surface area contributed by atoms with Gasteiger partial charge in [-0.15, -0.1) is 0 Å². The van der Waals surface area contributed by atoms with E-state index in [4.69, 9.17) is 18.9 Å². The Morgan fingerprint density at radius 2 is 1.65 bits per heavy atom. The van der Waals surface area contributed by atoms with Crippen molar-refractivity contribution >= 4 is 15.7 Å². The van der Waals surface area contributed by atoms with Crippen LogP contribution in [-0.2, 0) is 21.1 Å². The number of hydrogen-bond donors (Lipinski definition) is 0. The quantitative estimate of drug-likeness (QED) is 0.485. The second-order valence-corrected chi connectivity index (χ2v) is 8.99. The lowest BCUT2D eigenvalue weighted by molar-refractivity contribution is -0.129. The summed E-state index contributed by atoms with van der Waals surface area (Å²) in [4.78, 5) is 14.4. The van der Waals surface area contributed by atoms with Crippen LogP contribution in [0, 0.1) is 0 Å². The third-order valence-corrected chi connectivity index (χ3v) is 5.76. The molecule has 170 valence electrons. The smallest absolute Gasteiger partial charge is 0.226 e. The van der Waals surface area contributed by atoms with E-state index in [9.17, 15) is 13.2 Å². The molecule has 8 nitrogen and oxygen atoms in total. The normalized spacial score (nSPS) is 11.0. The number of likely N-dealkylation sites (N-methyl/N-ethyl adjacent to an activating group) is 1. The fourth-order valence-electron chi connectivity index (χ4n) is 2.96. The molecule has 0 aromatic heterocycles. The summed E-state index contributed by atoms with van der Waals surface area (Å²) >= 11 is 0. The van der Waals surface area contributed by atoms with Gasteiger partial charge in [0.2, 0.25) is 11.7 Å². The van der Waals surface area contributed by atoms with Gasteiger partial charge in [0, 0.05) is 19.8 Å². The molecule has 0 bridgehead atoms. The van der Waals surface area contributed by atoms with Crippen LogP contribution in [0.15, 0.2) is 41.3 Å². The van der Waals surface area contributed by atoms with E-state index in [2.05, 4.69) is 0 Å². The lowest BCUT2D eigenvalue weighted by atomic mass is 10.1. The van der Waals surface area contributed by atoms with Gasteiger partial charge in [-0.05, 0) is 42.3 Å². The summed E-state index contributed by atoms with van der Waals surface area (Å²) in [6, 6.07) is 9.87. The number of carbonyl (C=O) groups is 1. The van der Waals surface area contributed by atoms with Crippen LogP contribution in [0.5, 0.6) is 23.0 Å².